The van der Waals surface area contributed by atoms with Crippen LogP contribution in [0.3, 0.4) is 0 Å². The van der Waals surface area contributed by atoms with Crippen molar-refractivity contribution in [1.82, 2.24) is 15.5 Å². The van der Waals surface area contributed by atoms with Crippen LogP contribution in [0.2, 0.25) is 0 Å². The van der Waals surface area contributed by atoms with Crippen LogP contribution in [0.1, 0.15) is 42.6 Å². The number of nitrogens with zero attached hydrogens (tertiary/aromatic N) is 1. The Morgan fingerprint density at radius 2 is 1.96 bits per heavy atom. The summed E-state index contributed by atoms with van der Waals surface area (Å²) >= 11 is 0. The summed E-state index contributed by atoms with van der Waals surface area (Å²) in [6.07, 6.45) is 1.11. The van der Waals surface area contributed by atoms with E-state index in [1.54, 1.807) is 24.1 Å². The standard InChI is InChI=1S/C19H27N3O3/c1-12(2)11-16(18(24)20-15-9-10-22(4)19(15)25)21-17(23)14-8-6-5-7-13(14)3/h5-8,12,15-16H,9-11H2,1-4H3,(H,20,24)(H,21,23)/t15-,16-/m0/s1. The molecule has 0 bridgehead atoms. The lowest BCUT2D eigenvalue weighted by atomic mass is 10.0. The average molecular weight is 345 g/mol. The molecule has 6 heteroatoms. The summed E-state index contributed by atoms with van der Waals surface area (Å²) < 4.78 is 0. The molecule has 1 saturated heterocycles. The quantitative estimate of drug-likeness (QED) is 0.820. The van der Waals surface area contributed by atoms with E-state index in [1.807, 2.05) is 32.9 Å². The minimum atomic E-state index is -0.661. The van der Waals surface area contributed by atoms with Crippen LogP contribution in [0, 0.1) is 12.8 Å². The van der Waals surface area contributed by atoms with Crippen molar-refractivity contribution in [2.45, 2.75) is 45.7 Å². The van der Waals surface area contributed by atoms with E-state index in [9.17, 15) is 14.4 Å². The number of aryl methyl sites for hydroxylation is 1. The Morgan fingerprint density at radius 1 is 1.28 bits per heavy atom. The summed E-state index contributed by atoms with van der Waals surface area (Å²) in [7, 11) is 1.72. The van der Waals surface area contributed by atoms with Crippen molar-refractivity contribution in [3.63, 3.8) is 0 Å². The Balaban J connectivity index is 2.07. The molecular formula is C19H27N3O3. The maximum Gasteiger partial charge on any atom is 0.252 e. The second kappa shape index (κ2) is 8.14. The summed E-state index contributed by atoms with van der Waals surface area (Å²) in [5, 5.41) is 5.62. The van der Waals surface area contributed by atoms with Gasteiger partial charge in [0.1, 0.15) is 12.1 Å². The lowest BCUT2D eigenvalue weighted by Gasteiger charge is -2.22. The predicted octanol–water partition coefficient (Wildman–Crippen LogP) is 1.49. The number of carbonyl (C=O) groups is 3. The van der Waals surface area contributed by atoms with Gasteiger partial charge < -0.3 is 15.5 Å². The van der Waals surface area contributed by atoms with Crippen molar-refractivity contribution < 1.29 is 14.4 Å². The van der Waals surface area contributed by atoms with Crippen molar-refractivity contribution in [2.75, 3.05) is 13.6 Å². The smallest absolute Gasteiger partial charge is 0.252 e. The van der Waals surface area contributed by atoms with E-state index >= 15 is 0 Å². The van der Waals surface area contributed by atoms with Gasteiger partial charge in [-0.15, -0.1) is 0 Å². The van der Waals surface area contributed by atoms with E-state index in [4.69, 9.17) is 0 Å². The molecule has 2 rings (SSSR count). The van der Waals surface area contributed by atoms with Crippen LogP contribution < -0.4 is 10.6 Å². The molecule has 1 fully saturated rings. The number of likely N-dealkylation sites (N-methyl/N-ethyl adjacent to an activating group) is 1. The highest BCUT2D eigenvalue weighted by Gasteiger charge is 2.33. The van der Waals surface area contributed by atoms with E-state index in [0.717, 1.165) is 5.56 Å². The molecule has 0 aromatic heterocycles. The lowest BCUT2D eigenvalue weighted by Crippen LogP contribution is -2.51. The van der Waals surface area contributed by atoms with Crippen molar-refractivity contribution in [3.8, 4) is 0 Å². The molecule has 2 N–H and O–H groups in total. The molecule has 1 aromatic rings. The molecule has 6 nitrogen and oxygen atoms in total. The molecule has 0 spiro atoms. The average Bonchev–Trinajstić information content (AvgIpc) is 2.86. The Kier molecular flexibility index (Phi) is 6.17. The summed E-state index contributed by atoms with van der Waals surface area (Å²) in [6.45, 7) is 6.48. The first kappa shape index (κ1) is 19.0. The van der Waals surface area contributed by atoms with Gasteiger partial charge >= 0.3 is 0 Å². The highest BCUT2D eigenvalue weighted by atomic mass is 16.2. The zero-order chi connectivity index (χ0) is 18.6. The van der Waals surface area contributed by atoms with E-state index in [0.29, 0.717) is 24.9 Å². The largest absolute Gasteiger partial charge is 0.344 e. The van der Waals surface area contributed by atoms with Gasteiger partial charge in [-0.1, -0.05) is 32.0 Å². The monoisotopic (exact) mass is 345 g/mol. The van der Waals surface area contributed by atoms with Gasteiger partial charge in [0.15, 0.2) is 0 Å². The molecule has 1 aromatic carbocycles. The Morgan fingerprint density at radius 3 is 2.52 bits per heavy atom. The summed E-state index contributed by atoms with van der Waals surface area (Å²) in [4.78, 5) is 38.8. The summed E-state index contributed by atoms with van der Waals surface area (Å²) in [5.74, 6) is -0.421. The fourth-order valence-electron chi connectivity index (χ4n) is 3.00. The number of amides is 3. The zero-order valence-corrected chi connectivity index (χ0v) is 15.3. The SMILES string of the molecule is Cc1ccccc1C(=O)N[C@@H](CC(C)C)C(=O)N[C@H]1CCN(C)C1=O. The van der Waals surface area contributed by atoms with Gasteiger partial charge in [0.2, 0.25) is 11.8 Å². The highest BCUT2D eigenvalue weighted by Crippen LogP contribution is 2.12. The second-order valence-electron chi connectivity index (χ2n) is 7.08. The first-order valence-electron chi connectivity index (χ1n) is 8.71. The number of rotatable bonds is 6. The molecule has 25 heavy (non-hydrogen) atoms. The number of carbonyl (C=O) groups excluding carboxylic acids is 3. The van der Waals surface area contributed by atoms with Crippen LogP contribution in [-0.4, -0.2) is 48.3 Å². The van der Waals surface area contributed by atoms with Crippen molar-refractivity contribution in [3.05, 3.63) is 35.4 Å². The summed E-state index contributed by atoms with van der Waals surface area (Å²) in [6, 6.07) is 6.11. The Bertz CT molecular complexity index is 657. The normalized spacial score (nSPS) is 18.4. The van der Waals surface area contributed by atoms with Crippen molar-refractivity contribution in [2.24, 2.45) is 5.92 Å². The van der Waals surface area contributed by atoms with Gasteiger partial charge in [0, 0.05) is 19.2 Å². The van der Waals surface area contributed by atoms with Gasteiger partial charge in [-0.2, -0.15) is 0 Å². The molecule has 136 valence electrons. The van der Waals surface area contributed by atoms with Crippen LogP contribution in [0.5, 0.6) is 0 Å². The van der Waals surface area contributed by atoms with Gasteiger partial charge in [0.25, 0.3) is 5.91 Å². The molecule has 1 aliphatic rings. The molecular weight excluding hydrogens is 318 g/mol. The van der Waals surface area contributed by atoms with Gasteiger partial charge in [-0.25, -0.2) is 0 Å². The topological polar surface area (TPSA) is 78.5 Å². The number of hydrogen-bond acceptors (Lipinski definition) is 3. The maximum atomic E-state index is 12.6. The maximum absolute atomic E-state index is 12.6. The molecule has 3 amide bonds. The first-order valence-corrected chi connectivity index (χ1v) is 8.71. The third-order valence-corrected chi connectivity index (χ3v) is 4.46. The van der Waals surface area contributed by atoms with Crippen molar-refractivity contribution >= 4 is 17.7 Å². The number of nitrogens with one attached hydrogen (secondary N) is 2. The fourth-order valence-corrected chi connectivity index (χ4v) is 3.00. The van der Waals surface area contributed by atoms with E-state index in [2.05, 4.69) is 10.6 Å². The van der Waals surface area contributed by atoms with E-state index < -0.39 is 12.1 Å². The third-order valence-electron chi connectivity index (χ3n) is 4.46. The highest BCUT2D eigenvalue weighted by molar-refractivity contribution is 5.99. The predicted molar refractivity (Wildman–Crippen MR) is 96.1 cm³/mol. The van der Waals surface area contributed by atoms with Gasteiger partial charge in [-0.05, 0) is 37.3 Å². The number of hydrogen-bond donors (Lipinski definition) is 2. The Hall–Kier alpha value is -2.37. The first-order chi connectivity index (χ1) is 11.8. The Labute approximate surface area is 149 Å². The van der Waals surface area contributed by atoms with Crippen LogP contribution in [0.25, 0.3) is 0 Å². The molecule has 1 aliphatic heterocycles. The number of likely N-dealkylation sites (tertiary alicyclic amines) is 1. The zero-order valence-electron chi connectivity index (χ0n) is 15.3. The molecule has 0 saturated carbocycles. The molecule has 0 radical (unpaired) electrons. The van der Waals surface area contributed by atoms with Crippen LogP contribution >= 0.6 is 0 Å². The molecule has 1 heterocycles. The third kappa shape index (κ3) is 4.81. The van der Waals surface area contributed by atoms with Gasteiger partial charge in [-0.3, -0.25) is 14.4 Å². The lowest BCUT2D eigenvalue weighted by molar-refractivity contribution is -0.132. The molecule has 0 unspecified atom stereocenters. The second-order valence-corrected chi connectivity index (χ2v) is 7.08. The van der Waals surface area contributed by atoms with Crippen LogP contribution in [-0.2, 0) is 9.59 Å². The van der Waals surface area contributed by atoms with Gasteiger partial charge in [0.05, 0.1) is 0 Å². The van der Waals surface area contributed by atoms with E-state index in [1.165, 1.54) is 0 Å². The molecule has 2 atom stereocenters. The minimum absolute atomic E-state index is 0.0816. The van der Waals surface area contributed by atoms with Crippen molar-refractivity contribution in [1.29, 1.82) is 0 Å². The van der Waals surface area contributed by atoms with E-state index in [-0.39, 0.29) is 23.6 Å². The fraction of sp³-hybridized carbons (Fsp3) is 0.526. The van der Waals surface area contributed by atoms with Crippen LogP contribution in [0.15, 0.2) is 24.3 Å². The summed E-state index contributed by atoms with van der Waals surface area (Å²) in [5.41, 5.74) is 1.41. The van der Waals surface area contributed by atoms with Crippen LogP contribution in [0.4, 0.5) is 0 Å². The minimum Gasteiger partial charge on any atom is -0.344 e. The number of benzene rings is 1. The molecule has 0 aliphatic carbocycles.